The summed E-state index contributed by atoms with van der Waals surface area (Å²) in [6, 6.07) is 19.2. The monoisotopic (exact) mass is 375 g/mol. The minimum atomic E-state index is -0.944. The van der Waals surface area contributed by atoms with Crippen molar-refractivity contribution in [3.8, 4) is 22.5 Å². The number of hydrogen-bond donors (Lipinski definition) is 2. The first kappa shape index (κ1) is 18.2. The van der Waals surface area contributed by atoms with Gasteiger partial charge in [-0.1, -0.05) is 48.5 Å². The fraction of sp³-hybridized carbons (Fsp3) is 0.182. The number of aliphatic hydroxyl groups excluding tert-OH is 2. The normalized spacial score (nSPS) is 12.4. The minimum Gasteiger partial charge on any atom is -0.394 e. The van der Waals surface area contributed by atoms with Crippen LogP contribution in [0.2, 0.25) is 0 Å². The lowest BCUT2D eigenvalue weighted by Gasteiger charge is -2.15. The van der Waals surface area contributed by atoms with Gasteiger partial charge in [0.1, 0.15) is 0 Å². The van der Waals surface area contributed by atoms with E-state index in [4.69, 9.17) is 0 Å². The number of nitrogens with zero attached hydrogens (tertiary/aromatic N) is 3. The van der Waals surface area contributed by atoms with Crippen LogP contribution in [0.15, 0.2) is 71.8 Å². The van der Waals surface area contributed by atoms with Gasteiger partial charge in [0, 0.05) is 12.6 Å². The summed E-state index contributed by atoms with van der Waals surface area (Å²) in [7, 11) is 1.75. The van der Waals surface area contributed by atoms with Crippen LogP contribution in [0.3, 0.4) is 0 Å². The number of fused-ring (bicyclic) bond motifs is 1. The molecule has 0 bridgehead atoms. The van der Waals surface area contributed by atoms with E-state index in [0.717, 1.165) is 16.5 Å². The maximum absolute atomic E-state index is 13.2. The van der Waals surface area contributed by atoms with Crippen molar-refractivity contribution < 1.29 is 10.2 Å². The molecule has 2 N–H and O–H groups in total. The molecule has 4 aromatic rings. The van der Waals surface area contributed by atoms with Gasteiger partial charge in [-0.25, -0.2) is 4.98 Å². The summed E-state index contributed by atoms with van der Waals surface area (Å²) in [6.07, 6.45) is 0.659. The molecule has 2 heterocycles. The Morgan fingerprint density at radius 1 is 1.07 bits per heavy atom. The van der Waals surface area contributed by atoms with Gasteiger partial charge in [0.25, 0.3) is 5.56 Å². The molecule has 0 saturated heterocycles. The Bertz CT molecular complexity index is 1180. The Hall–Kier alpha value is -3.22. The zero-order valence-electron chi connectivity index (χ0n) is 15.5. The number of aromatic nitrogens is 3. The van der Waals surface area contributed by atoms with Crippen molar-refractivity contribution in [3.63, 3.8) is 0 Å². The smallest absolute Gasteiger partial charge is 0.260 e. The Balaban J connectivity index is 2.00. The van der Waals surface area contributed by atoms with Crippen LogP contribution in [0.4, 0.5) is 0 Å². The molecule has 1 unspecified atom stereocenters. The third-order valence-electron chi connectivity index (χ3n) is 4.89. The number of imidazole rings is 1. The highest BCUT2D eigenvalue weighted by atomic mass is 16.3. The van der Waals surface area contributed by atoms with Crippen molar-refractivity contribution in [2.24, 2.45) is 7.05 Å². The predicted molar refractivity (Wildman–Crippen MR) is 109 cm³/mol. The fourth-order valence-corrected chi connectivity index (χ4v) is 3.49. The molecule has 0 fully saturated rings. The summed E-state index contributed by atoms with van der Waals surface area (Å²) < 4.78 is 3.36. The van der Waals surface area contributed by atoms with Gasteiger partial charge < -0.3 is 19.3 Å². The van der Waals surface area contributed by atoms with Gasteiger partial charge in [-0.3, -0.25) is 4.79 Å². The Morgan fingerprint density at radius 2 is 1.79 bits per heavy atom. The average molecular weight is 375 g/mol. The number of aliphatic hydroxyl groups is 2. The molecular weight excluding hydrogens is 354 g/mol. The fourth-order valence-electron chi connectivity index (χ4n) is 3.49. The summed E-state index contributed by atoms with van der Waals surface area (Å²) >= 11 is 0. The predicted octanol–water partition coefficient (Wildman–Crippen LogP) is 2.42. The van der Waals surface area contributed by atoms with Crippen LogP contribution in [0, 0.1) is 0 Å². The van der Waals surface area contributed by atoms with Crippen molar-refractivity contribution in [1.82, 2.24) is 14.1 Å². The molecule has 142 valence electrons. The average Bonchev–Trinajstić information content (AvgIpc) is 3.14. The van der Waals surface area contributed by atoms with Crippen molar-refractivity contribution in [2.75, 3.05) is 6.61 Å². The first-order chi connectivity index (χ1) is 13.6. The van der Waals surface area contributed by atoms with Crippen LogP contribution < -0.4 is 5.56 Å². The Morgan fingerprint density at radius 3 is 2.54 bits per heavy atom. The number of hydrogen-bond acceptors (Lipinski definition) is 4. The molecule has 0 aliphatic carbocycles. The third kappa shape index (κ3) is 3.13. The van der Waals surface area contributed by atoms with E-state index in [1.807, 2.05) is 60.7 Å². The quantitative estimate of drug-likeness (QED) is 0.561. The Kier molecular flexibility index (Phi) is 4.81. The molecule has 2 aromatic heterocycles. The van der Waals surface area contributed by atoms with Gasteiger partial charge in [-0.2, -0.15) is 0 Å². The van der Waals surface area contributed by atoms with Crippen molar-refractivity contribution in [1.29, 1.82) is 0 Å². The third-order valence-corrected chi connectivity index (χ3v) is 4.89. The highest BCUT2D eigenvalue weighted by molar-refractivity contribution is 5.87. The largest absolute Gasteiger partial charge is 0.394 e. The lowest BCUT2D eigenvalue weighted by Crippen LogP contribution is -2.23. The van der Waals surface area contributed by atoms with Crippen LogP contribution >= 0.6 is 0 Å². The van der Waals surface area contributed by atoms with Gasteiger partial charge >= 0.3 is 0 Å². The maximum atomic E-state index is 13.2. The first-order valence-electron chi connectivity index (χ1n) is 9.08. The van der Waals surface area contributed by atoms with Gasteiger partial charge in [0.2, 0.25) is 0 Å². The second-order valence-corrected chi connectivity index (χ2v) is 6.78. The number of pyridine rings is 1. The van der Waals surface area contributed by atoms with Crippen LogP contribution in [0.25, 0.3) is 33.4 Å². The topological polar surface area (TPSA) is 80.3 Å². The molecule has 0 amide bonds. The van der Waals surface area contributed by atoms with Crippen molar-refractivity contribution in [3.05, 3.63) is 77.3 Å². The van der Waals surface area contributed by atoms with Gasteiger partial charge in [-0.15, -0.1) is 0 Å². The number of aryl methyl sites for hydroxylation is 1. The molecule has 0 radical (unpaired) electrons. The SMILES string of the molecule is Cn1c(=O)c(-c2c(-c3ccccc3)ncn2CC(O)CO)cc2ccccc21. The molecular formula is C22H21N3O3. The van der Waals surface area contributed by atoms with Crippen LogP contribution in [-0.2, 0) is 13.6 Å². The van der Waals surface area contributed by atoms with Crippen molar-refractivity contribution in [2.45, 2.75) is 12.6 Å². The zero-order valence-corrected chi connectivity index (χ0v) is 15.5. The standard InChI is InChI=1S/C22H21N3O3/c1-24-19-10-6-5-9-16(19)11-18(22(24)28)21-20(15-7-3-2-4-8-15)23-14-25(21)12-17(27)13-26/h2-11,14,17,26-27H,12-13H2,1H3. The highest BCUT2D eigenvalue weighted by Crippen LogP contribution is 2.31. The van der Waals surface area contributed by atoms with E-state index < -0.39 is 6.10 Å². The van der Waals surface area contributed by atoms with Crippen LogP contribution in [-0.4, -0.2) is 37.0 Å². The van der Waals surface area contributed by atoms with E-state index in [1.165, 1.54) is 0 Å². The van der Waals surface area contributed by atoms with E-state index in [2.05, 4.69) is 4.98 Å². The zero-order chi connectivity index (χ0) is 19.7. The van der Waals surface area contributed by atoms with E-state index in [9.17, 15) is 15.0 Å². The maximum Gasteiger partial charge on any atom is 0.260 e. The van der Waals surface area contributed by atoms with E-state index >= 15 is 0 Å². The summed E-state index contributed by atoms with van der Waals surface area (Å²) in [5.74, 6) is 0. The molecule has 2 aromatic carbocycles. The van der Waals surface area contributed by atoms with Crippen LogP contribution in [0.1, 0.15) is 0 Å². The molecule has 6 nitrogen and oxygen atoms in total. The van der Waals surface area contributed by atoms with Gasteiger partial charge in [0.15, 0.2) is 0 Å². The summed E-state index contributed by atoms with van der Waals surface area (Å²) in [6.45, 7) is -0.227. The molecule has 0 aliphatic rings. The van der Waals surface area contributed by atoms with E-state index in [-0.39, 0.29) is 18.7 Å². The van der Waals surface area contributed by atoms with Crippen LogP contribution in [0.5, 0.6) is 0 Å². The highest BCUT2D eigenvalue weighted by Gasteiger charge is 2.20. The lowest BCUT2D eigenvalue weighted by atomic mass is 10.0. The summed E-state index contributed by atoms with van der Waals surface area (Å²) in [4.78, 5) is 17.7. The first-order valence-corrected chi connectivity index (χ1v) is 9.08. The molecule has 0 saturated carbocycles. The molecule has 1 atom stereocenters. The van der Waals surface area contributed by atoms with Crippen molar-refractivity contribution >= 4 is 10.9 Å². The molecule has 4 rings (SSSR count). The molecule has 0 aliphatic heterocycles. The van der Waals surface area contributed by atoms with Gasteiger partial charge in [-0.05, 0) is 17.5 Å². The molecule has 0 spiro atoms. The minimum absolute atomic E-state index is 0.141. The summed E-state index contributed by atoms with van der Waals surface area (Å²) in [5.41, 5.74) is 3.38. The lowest BCUT2D eigenvalue weighted by molar-refractivity contribution is 0.0815. The second-order valence-electron chi connectivity index (χ2n) is 6.78. The van der Waals surface area contributed by atoms with Gasteiger partial charge in [0.05, 0.1) is 48.1 Å². The number of benzene rings is 2. The van der Waals surface area contributed by atoms with E-state index in [1.54, 1.807) is 22.5 Å². The molecule has 6 heteroatoms. The summed E-state index contributed by atoms with van der Waals surface area (Å²) in [5, 5.41) is 20.2. The molecule has 28 heavy (non-hydrogen) atoms. The number of para-hydroxylation sites is 1. The number of rotatable bonds is 5. The van der Waals surface area contributed by atoms with E-state index in [0.29, 0.717) is 17.0 Å². The Labute approximate surface area is 162 Å². The second kappa shape index (κ2) is 7.42.